The van der Waals surface area contributed by atoms with Gasteiger partial charge in [-0.25, -0.2) is 4.57 Å². The number of ether oxygens (including phenoxy) is 3. The van der Waals surface area contributed by atoms with Gasteiger partial charge in [-0.2, -0.15) is 0 Å². The lowest BCUT2D eigenvalue weighted by Crippen LogP contribution is -2.30. The minimum atomic E-state index is -4.76. The third-order valence-electron chi connectivity index (χ3n) is 11.6. The number of rotatable bonds is 51. The number of hydrogen-bond donors (Lipinski definition) is 2. The van der Waals surface area contributed by atoms with Gasteiger partial charge >= 0.3 is 25.7 Å². The molecule has 0 bridgehead atoms. The maximum absolute atomic E-state index is 12.9. The molecular formula is C58H101O11P. The number of phosphoric ester groups is 1. The van der Waals surface area contributed by atoms with E-state index < -0.39 is 57.8 Å². The summed E-state index contributed by atoms with van der Waals surface area (Å²) in [5.41, 5.74) is 0. The summed E-state index contributed by atoms with van der Waals surface area (Å²) in [6, 6.07) is 0. The Kier molecular flexibility index (Phi) is 50.0. The molecule has 0 spiro atoms. The number of unbranched alkanes of at least 4 members (excludes halogenated alkanes) is 22. The maximum atomic E-state index is 12.9. The molecule has 3 atom stereocenters. The summed E-state index contributed by atoms with van der Waals surface area (Å²) >= 11 is 0. The molecule has 0 radical (unpaired) electrons. The van der Waals surface area contributed by atoms with Gasteiger partial charge in [0.05, 0.1) is 19.8 Å². The monoisotopic (exact) mass is 1000 g/mol. The molecule has 0 aliphatic carbocycles. The van der Waals surface area contributed by atoms with Gasteiger partial charge in [0, 0.05) is 19.3 Å². The van der Waals surface area contributed by atoms with E-state index in [1.165, 1.54) is 83.5 Å². The Hall–Kier alpha value is -3.08. The summed E-state index contributed by atoms with van der Waals surface area (Å²) in [7, 11) is -4.76. The highest BCUT2D eigenvalue weighted by Crippen LogP contribution is 2.43. The number of hydrogen-bond acceptors (Lipinski definition) is 10. The number of carbonyl (C=O) groups excluding carboxylic acids is 3. The van der Waals surface area contributed by atoms with Crippen molar-refractivity contribution in [3.8, 4) is 0 Å². The van der Waals surface area contributed by atoms with Crippen LogP contribution in [0, 0.1) is 0 Å². The molecule has 11 nitrogen and oxygen atoms in total. The van der Waals surface area contributed by atoms with Crippen LogP contribution in [0.3, 0.4) is 0 Å². The van der Waals surface area contributed by atoms with Crippen molar-refractivity contribution in [2.24, 2.45) is 0 Å². The number of aliphatic hydroxyl groups excluding tert-OH is 1. The average Bonchev–Trinajstić information content (AvgIpc) is 3.35. The SMILES string of the molecule is CC/C=C\C/C=C\C/C=C\C/C=C\C/C=C\CCCC(=O)OC(COC(=O)CCCCCCC/C=C\CCCCCCCC)COP(=O)(O)OCC(CO)OC(=O)CCCCCCCCCCCCC. The smallest absolute Gasteiger partial charge is 0.462 e. The van der Waals surface area contributed by atoms with Crippen molar-refractivity contribution >= 4 is 25.7 Å². The highest BCUT2D eigenvalue weighted by Gasteiger charge is 2.28. The molecule has 0 aromatic carbocycles. The minimum absolute atomic E-state index is 0.0870. The van der Waals surface area contributed by atoms with E-state index in [0.29, 0.717) is 25.7 Å². The van der Waals surface area contributed by atoms with Gasteiger partial charge in [0.2, 0.25) is 0 Å². The van der Waals surface area contributed by atoms with Gasteiger partial charge in [-0.05, 0) is 83.5 Å². The van der Waals surface area contributed by atoms with Crippen molar-refractivity contribution in [1.82, 2.24) is 0 Å². The third kappa shape index (κ3) is 49.9. The van der Waals surface area contributed by atoms with Crippen LogP contribution in [0.25, 0.3) is 0 Å². The number of phosphoric acid groups is 1. The summed E-state index contributed by atoms with van der Waals surface area (Å²) < 4.78 is 39.4. The predicted octanol–water partition coefficient (Wildman–Crippen LogP) is 16.1. The summed E-state index contributed by atoms with van der Waals surface area (Å²) in [6.07, 6.45) is 57.3. The molecule has 404 valence electrons. The third-order valence-corrected chi connectivity index (χ3v) is 12.6. The minimum Gasteiger partial charge on any atom is -0.462 e. The molecule has 0 aromatic heterocycles. The first-order valence-electron chi connectivity index (χ1n) is 27.8. The van der Waals surface area contributed by atoms with Gasteiger partial charge in [0.15, 0.2) is 6.10 Å². The fourth-order valence-electron chi connectivity index (χ4n) is 7.39. The zero-order valence-corrected chi connectivity index (χ0v) is 45.4. The molecule has 0 aliphatic rings. The number of esters is 3. The van der Waals surface area contributed by atoms with Crippen LogP contribution in [0.15, 0.2) is 72.9 Å². The molecule has 12 heteroatoms. The highest BCUT2D eigenvalue weighted by atomic mass is 31.2. The van der Waals surface area contributed by atoms with Gasteiger partial charge in [0.1, 0.15) is 12.7 Å². The number of carbonyl (C=O) groups is 3. The van der Waals surface area contributed by atoms with E-state index in [-0.39, 0.29) is 25.9 Å². The Bertz CT molecular complexity index is 1450. The summed E-state index contributed by atoms with van der Waals surface area (Å²) in [5, 5.41) is 9.78. The molecule has 0 fully saturated rings. The number of aliphatic hydroxyl groups is 1. The second-order valence-electron chi connectivity index (χ2n) is 18.4. The zero-order valence-electron chi connectivity index (χ0n) is 44.5. The van der Waals surface area contributed by atoms with Crippen LogP contribution in [0.4, 0.5) is 0 Å². The fraction of sp³-hybridized carbons (Fsp3) is 0.741. The second-order valence-corrected chi connectivity index (χ2v) is 19.8. The van der Waals surface area contributed by atoms with E-state index in [4.69, 9.17) is 23.3 Å². The molecule has 3 unspecified atom stereocenters. The van der Waals surface area contributed by atoms with Crippen LogP contribution in [0.1, 0.15) is 239 Å². The van der Waals surface area contributed by atoms with E-state index in [0.717, 1.165) is 89.9 Å². The summed E-state index contributed by atoms with van der Waals surface area (Å²) in [5.74, 6) is -1.54. The quantitative estimate of drug-likeness (QED) is 0.0197. The van der Waals surface area contributed by atoms with Crippen molar-refractivity contribution in [1.29, 1.82) is 0 Å². The first-order valence-corrected chi connectivity index (χ1v) is 29.3. The lowest BCUT2D eigenvalue weighted by molar-refractivity contribution is -0.161. The molecule has 2 N–H and O–H groups in total. The van der Waals surface area contributed by atoms with Gasteiger partial charge in [-0.1, -0.05) is 209 Å². The first-order chi connectivity index (χ1) is 34.2. The molecule has 0 amide bonds. The molecule has 0 saturated heterocycles. The van der Waals surface area contributed by atoms with Crippen molar-refractivity contribution in [2.75, 3.05) is 26.4 Å². The first kappa shape index (κ1) is 66.9. The molecule has 0 heterocycles. The van der Waals surface area contributed by atoms with Crippen molar-refractivity contribution in [3.63, 3.8) is 0 Å². The molecule has 0 rings (SSSR count). The average molecular weight is 1010 g/mol. The van der Waals surface area contributed by atoms with Gasteiger partial charge in [-0.3, -0.25) is 23.4 Å². The van der Waals surface area contributed by atoms with Crippen LogP contribution in [0.2, 0.25) is 0 Å². The molecule has 0 aliphatic heterocycles. The largest absolute Gasteiger partial charge is 0.472 e. The fourth-order valence-corrected chi connectivity index (χ4v) is 8.17. The summed E-state index contributed by atoms with van der Waals surface area (Å²) in [4.78, 5) is 48.4. The molecule has 70 heavy (non-hydrogen) atoms. The lowest BCUT2D eigenvalue weighted by atomic mass is 10.1. The van der Waals surface area contributed by atoms with Crippen molar-refractivity contribution in [2.45, 2.75) is 251 Å². The Morgan fingerprint density at radius 2 is 0.757 bits per heavy atom. The van der Waals surface area contributed by atoms with Crippen molar-refractivity contribution in [3.05, 3.63) is 72.9 Å². The van der Waals surface area contributed by atoms with E-state index in [2.05, 4.69) is 81.5 Å². The van der Waals surface area contributed by atoms with E-state index in [9.17, 15) is 28.9 Å². The number of allylic oxidation sites excluding steroid dienone is 12. The van der Waals surface area contributed by atoms with E-state index in [1.807, 2.05) is 12.2 Å². The highest BCUT2D eigenvalue weighted by molar-refractivity contribution is 7.47. The second kappa shape index (κ2) is 52.2. The standard InChI is InChI=1S/C58H101O11P/c1-4-7-10-13-16-19-22-24-26-27-29-31-34-37-40-43-46-49-58(62)69-55(51-65-56(60)47-44-41-38-35-33-30-28-25-23-20-17-14-11-8-5-2)53-67-70(63,64)66-52-54(50-59)68-57(61)48-45-42-39-36-32-21-18-15-12-9-6-3/h7,10,16,19,24-26,28-29,31,37,40,54-55,59H,4-6,8-9,11-15,17-18,20-23,27,30,32-36,38-39,41-53H2,1-3H3,(H,63,64)/b10-7-,19-16-,26-24-,28-25-,31-29-,40-37-. The van der Waals surface area contributed by atoms with Gasteiger partial charge < -0.3 is 24.2 Å². The topological polar surface area (TPSA) is 155 Å². The molecular weight excluding hydrogens is 904 g/mol. The van der Waals surface area contributed by atoms with Crippen LogP contribution in [0.5, 0.6) is 0 Å². The van der Waals surface area contributed by atoms with Gasteiger partial charge in [0.25, 0.3) is 0 Å². The van der Waals surface area contributed by atoms with Crippen LogP contribution >= 0.6 is 7.82 Å². The van der Waals surface area contributed by atoms with E-state index in [1.54, 1.807) is 0 Å². The Balaban J connectivity index is 4.84. The summed E-state index contributed by atoms with van der Waals surface area (Å²) in [6.45, 7) is 4.44. The Labute approximate surface area is 427 Å². The molecule has 0 aromatic rings. The van der Waals surface area contributed by atoms with Crippen molar-refractivity contribution < 1.29 is 52.2 Å². The normalized spacial score (nSPS) is 14.0. The Morgan fingerprint density at radius 1 is 0.414 bits per heavy atom. The Morgan fingerprint density at radius 3 is 1.21 bits per heavy atom. The van der Waals surface area contributed by atoms with Crippen LogP contribution < -0.4 is 0 Å². The van der Waals surface area contributed by atoms with Crippen LogP contribution in [-0.2, 0) is 42.2 Å². The lowest BCUT2D eigenvalue weighted by Gasteiger charge is -2.21. The maximum Gasteiger partial charge on any atom is 0.472 e. The van der Waals surface area contributed by atoms with Gasteiger partial charge in [-0.15, -0.1) is 0 Å². The predicted molar refractivity (Wildman–Crippen MR) is 288 cm³/mol. The zero-order chi connectivity index (χ0) is 51.3. The molecule has 0 saturated carbocycles. The van der Waals surface area contributed by atoms with E-state index >= 15 is 0 Å². The van der Waals surface area contributed by atoms with Crippen LogP contribution in [-0.4, -0.2) is 66.5 Å².